The van der Waals surface area contributed by atoms with Gasteiger partial charge in [0.15, 0.2) is 0 Å². The zero-order valence-corrected chi connectivity index (χ0v) is 10.8. The van der Waals surface area contributed by atoms with E-state index in [0.29, 0.717) is 10.8 Å². The van der Waals surface area contributed by atoms with Crippen LogP contribution in [-0.2, 0) is 0 Å². The smallest absolute Gasteiger partial charge is 0.00855 e. The minimum absolute atomic E-state index is 0.456. The molecule has 0 aliphatic heterocycles. The third-order valence-electron chi connectivity index (χ3n) is 2.13. The van der Waals surface area contributed by atoms with Crippen LogP contribution in [0.4, 0.5) is 0 Å². The van der Waals surface area contributed by atoms with E-state index in [1.54, 1.807) is 0 Å². The molecule has 0 fully saturated rings. The highest BCUT2D eigenvalue weighted by Gasteiger charge is 2.27. The van der Waals surface area contributed by atoms with Gasteiger partial charge in [0.2, 0.25) is 0 Å². The van der Waals surface area contributed by atoms with E-state index < -0.39 is 0 Å². The van der Waals surface area contributed by atoms with E-state index in [0.717, 1.165) is 5.33 Å². The molecule has 1 unspecified atom stereocenters. The van der Waals surface area contributed by atoms with E-state index in [-0.39, 0.29) is 0 Å². The van der Waals surface area contributed by atoms with Gasteiger partial charge in [-0.05, 0) is 23.7 Å². The van der Waals surface area contributed by atoms with Gasteiger partial charge < -0.3 is 0 Å². The van der Waals surface area contributed by atoms with Crippen LogP contribution in [0.2, 0.25) is 0 Å². The highest BCUT2D eigenvalue weighted by molar-refractivity contribution is 9.09. The maximum absolute atomic E-state index is 3.63. The van der Waals surface area contributed by atoms with Crippen LogP contribution in [0.25, 0.3) is 0 Å². The first-order chi connectivity index (χ1) is 5.33. The van der Waals surface area contributed by atoms with Crippen molar-refractivity contribution < 1.29 is 0 Å². The molecule has 0 aliphatic rings. The van der Waals surface area contributed by atoms with Gasteiger partial charge in [0.1, 0.15) is 0 Å². The topological polar surface area (TPSA) is 0 Å². The van der Waals surface area contributed by atoms with Gasteiger partial charge in [-0.15, -0.1) is 0 Å². The van der Waals surface area contributed by atoms with Crippen molar-refractivity contribution in [2.75, 3.05) is 5.33 Å². The quantitative estimate of drug-likeness (QED) is 0.623. The van der Waals surface area contributed by atoms with E-state index in [1.165, 1.54) is 19.3 Å². The van der Waals surface area contributed by atoms with Crippen molar-refractivity contribution in [1.29, 1.82) is 0 Å². The Labute approximate surface area is 86.3 Å². The van der Waals surface area contributed by atoms with Gasteiger partial charge in [0.25, 0.3) is 0 Å². The van der Waals surface area contributed by atoms with Crippen molar-refractivity contribution in [2.24, 2.45) is 10.8 Å². The van der Waals surface area contributed by atoms with Crippen molar-refractivity contribution in [3.8, 4) is 0 Å². The van der Waals surface area contributed by atoms with E-state index >= 15 is 0 Å². The Morgan fingerprint density at radius 3 is 1.83 bits per heavy atom. The molecular formula is C11H23Br. The Balaban J connectivity index is 4.14. The third kappa shape index (κ3) is 5.18. The monoisotopic (exact) mass is 234 g/mol. The second-order valence-electron chi connectivity index (χ2n) is 5.43. The number of hydrogen-bond acceptors (Lipinski definition) is 0. The van der Waals surface area contributed by atoms with Gasteiger partial charge in [-0.25, -0.2) is 0 Å². The van der Waals surface area contributed by atoms with Crippen LogP contribution in [0.15, 0.2) is 0 Å². The van der Waals surface area contributed by atoms with Gasteiger partial charge in [-0.3, -0.25) is 0 Å². The minimum atomic E-state index is 0.456. The molecule has 0 saturated heterocycles. The fourth-order valence-electron chi connectivity index (χ4n) is 2.09. The molecule has 0 saturated carbocycles. The van der Waals surface area contributed by atoms with Crippen LogP contribution < -0.4 is 0 Å². The lowest BCUT2D eigenvalue weighted by molar-refractivity contribution is 0.204. The standard InChI is InChI=1S/C11H23Br/c1-6-7-11(5,9-12)8-10(2,3)4/h6-9H2,1-5H3. The minimum Gasteiger partial charge on any atom is -0.0922 e. The summed E-state index contributed by atoms with van der Waals surface area (Å²) in [6.07, 6.45) is 3.92. The number of rotatable bonds is 4. The Morgan fingerprint density at radius 1 is 1.08 bits per heavy atom. The van der Waals surface area contributed by atoms with Crippen molar-refractivity contribution in [1.82, 2.24) is 0 Å². The van der Waals surface area contributed by atoms with Crippen molar-refractivity contribution in [3.05, 3.63) is 0 Å². The Morgan fingerprint density at radius 2 is 1.58 bits per heavy atom. The summed E-state index contributed by atoms with van der Waals surface area (Å²) in [5, 5.41) is 1.13. The molecule has 0 rings (SSSR count). The van der Waals surface area contributed by atoms with E-state index in [1.807, 2.05) is 0 Å². The summed E-state index contributed by atoms with van der Waals surface area (Å²) in [7, 11) is 0. The molecule has 0 aliphatic carbocycles. The molecule has 0 N–H and O–H groups in total. The summed E-state index contributed by atoms with van der Waals surface area (Å²) in [6, 6.07) is 0. The van der Waals surface area contributed by atoms with Gasteiger partial charge in [-0.2, -0.15) is 0 Å². The number of hydrogen-bond donors (Lipinski definition) is 0. The van der Waals surface area contributed by atoms with Crippen LogP contribution >= 0.6 is 15.9 Å². The highest BCUT2D eigenvalue weighted by Crippen LogP contribution is 2.38. The summed E-state index contributed by atoms with van der Waals surface area (Å²) in [4.78, 5) is 0. The lowest BCUT2D eigenvalue weighted by Gasteiger charge is -2.34. The predicted molar refractivity (Wildman–Crippen MR) is 60.9 cm³/mol. The summed E-state index contributed by atoms with van der Waals surface area (Å²) < 4.78 is 0. The molecule has 0 spiro atoms. The maximum Gasteiger partial charge on any atom is 0.00855 e. The van der Waals surface area contributed by atoms with Gasteiger partial charge in [0, 0.05) is 5.33 Å². The second-order valence-corrected chi connectivity index (χ2v) is 5.99. The van der Waals surface area contributed by atoms with Crippen molar-refractivity contribution in [2.45, 2.75) is 53.9 Å². The second kappa shape index (κ2) is 4.64. The summed E-state index contributed by atoms with van der Waals surface area (Å²) >= 11 is 3.63. The lowest BCUT2D eigenvalue weighted by atomic mass is 9.74. The van der Waals surface area contributed by atoms with Crippen LogP contribution in [0.5, 0.6) is 0 Å². The van der Waals surface area contributed by atoms with Crippen LogP contribution in [0, 0.1) is 10.8 Å². The average molecular weight is 235 g/mol. The molecule has 0 nitrogen and oxygen atoms in total. The van der Waals surface area contributed by atoms with Gasteiger partial charge in [-0.1, -0.05) is 57.0 Å². The molecule has 0 radical (unpaired) electrons. The van der Waals surface area contributed by atoms with E-state index in [2.05, 4.69) is 50.5 Å². The van der Waals surface area contributed by atoms with E-state index in [9.17, 15) is 0 Å². The molecule has 0 aromatic rings. The van der Waals surface area contributed by atoms with Gasteiger partial charge >= 0.3 is 0 Å². The van der Waals surface area contributed by atoms with Crippen LogP contribution in [-0.4, -0.2) is 5.33 Å². The zero-order chi connectivity index (χ0) is 9.83. The zero-order valence-electron chi connectivity index (χ0n) is 9.21. The van der Waals surface area contributed by atoms with Crippen molar-refractivity contribution in [3.63, 3.8) is 0 Å². The molecule has 74 valence electrons. The first-order valence-electron chi connectivity index (χ1n) is 4.89. The predicted octanol–water partition coefficient (Wildman–Crippen LogP) is 4.62. The number of alkyl halides is 1. The molecular weight excluding hydrogens is 212 g/mol. The van der Waals surface area contributed by atoms with E-state index in [4.69, 9.17) is 0 Å². The van der Waals surface area contributed by atoms with Crippen LogP contribution in [0.1, 0.15) is 53.9 Å². The largest absolute Gasteiger partial charge is 0.0922 e. The third-order valence-corrected chi connectivity index (χ3v) is 3.49. The Hall–Kier alpha value is 0.480. The molecule has 1 atom stereocenters. The van der Waals surface area contributed by atoms with Gasteiger partial charge in [0.05, 0.1) is 0 Å². The summed E-state index contributed by atoms with van der Waals surface area (Å²) in [5.74, 6) is 0. The van der Waals surface area contributed by atoms with Crippen molar-refractivity contribution >= 4 is 15.9 Å². The molecule has 1 heteroatoms. The lowest BCUT2D eigenvalue weighted by Crippen LogP contribution is -2.25. The Kier molecular flexibility index (Phi) is 4.83. The fourth-order valence-corrected chi connectivity index (χ4v) is 2.56. The normalized spacial score (nSPS) is 17.5. The Bertz CT molecular complexity index is 123. The fraction of sp³-hybridized carbons (Fsp3) is 1.00. The summed E-state index contributed by atoms with van der Waals surface area (Å²) in [5.41, 5.74) is 0.949. The SMILES string of the molecule is CCCC(C)(CBr)CC(C)(C)C. The highest BCUT2D eigenvalue weighted by atomic mass is 79.9. The van der Waals surface area contributed by atoms with Crippen LogP contribution in [0.3, 0.4) is 0 Å². The molecule has 0 aromatic carbocycles. The molecule has 0 bridgehead atoms. The first kappa shape index (κ1) is 12.5. The average Bonchev–Trinajstić information content (AvgIpc) is 1.84. The molecule has 12 heavy (non-hydrogen) atoms. The maximum atomic E-state index is 3.63. The number of halogens is 1. The first-order valence-corrected chi connectivity index (χ1v) is 6.01. The molecule has 0 aromatic heterocycles. The molecule has 0 amide bonds. The summed E-state index contributed by atoms with van der Waals surface area (Å²) in [6.45, 7) is 11.6. The molecule has 0 heterocycles.